The molecule has 1 rings (SSSR count). The first-order valence-electron chi connectivity index (χ1n) is 6.87. The van der Waals surface area contributed by atoms with Crippen LogP contribution in [0.1, 0.15) is 51.4 Å². The highest BCUT2D eigenvalue weighted by atomic mass is 32.2. The smallest absolute Gasteiger partial charge is 0.136 e. The van der Waals surface area contributed by atoms with Gasteiger partial charge in [-0.05, 0) is 25.7 Å². The van der Waals surface area contributed by atoms with Crippen molar-refractivity contribution >= 4 is 28.3 Å². The van der Waals surface area contributed by atoms with E-state index in [2.05, 4.69) is 4.90 Å². The summed E-state index contributed by atoms with van der Waals surface area (Å²) >= 11 is 7.33. The van der Waals surface area contributed by atoms with Gasteiger partial charge in [0.25, 0.3) is 0 Å². The fraction of sp³-hybridized carbons (Fsp3) is 0.923. The predicted octanol–water partition coefficient (Wildman–Crippen LogP) is 3.43. The standard InChI is InChI=1S/C13H25NOS2/c15-11-7-3-4-8-12-17-13(16)14-9-5-1-2-6-10-14/h15H,1-12H2. The van der Waals surface area contributed by atoms with Gasteiger partial charge >= 0.3 is 0 Å². The van der Waals surface area contributed by atoms with Gasteiger partial charge in [0.2, 0.25) is 0 Å². The van der Waals surface area contributed by atoms with Gasteiger partial charge in [-0.3, -0.25) is 0 Å². The molecule has 0 spiro atoms. The van der Waals surface area contributed by atoms with Gasteiger partial charge in [0.1, 0.15) is 4.32 Å². The number of likely N-dealkylation sites (tertiary alicyclic amines) is 1. The van der Waals surface area contributed by atoms with Crippen LogP contribution in [0.2, 0.25) is 0 Å². The molecule has 2 nitrogen and oxygen atoms in total. The van der Waals surface area contributed by atoms with Crippen LogP contribution in [0.3, 0.4) is 0 Å². The summed E-state index contributed by atoms with van der Waals surface area (Å²) in [6.45, 7) is 2.66. The maximum atomic E-state index is 8.68. The van der Waals surface area contributed by atoms with Crippen molar-refractivity contribution in [2.45, 2.75) is 51.4 Å². The highest BCUT2D eigenvalue weighted by Crippen LogP contribution is 2.17. The lowest BCUT2D eigenvalue weighted by molar-refractivity contribution is 0.283. The number of thiocarbonyl (C=S) groups is 1. The summed E-state index contributed by atoms with van der Waals surface area (Å²) in [6, 6.07) is 0. The van der Waals surface area contributed by atoms with E-state index >= 15 is 0 Å². The zero-order valence-corrected chi connectivity index (χ0v) is 12.3. The van der Waals surface area contributed by atoms with Crippen LogP contribution in [0.4, 0.5) is 0 Å². The van der Waals surface area contributed by atoms with Crippen LogP contribution in [-0.2, 0) is 0 Å². The minimum atomic E-state index is 0.333. The van der Waals surface area contributed by atoms with E-state index in [0.29, 0.717) is 6.61 Å². The maximum Gasteiger partial charge on any atom is 0.136 e. The lowest BCUT2D eigenvalue weighted by Gasteiger charge is -2.22. The number of hydrogen-bond acceptors (Lipinski definition) is 3. The zero-order valence-electron chi connectivity index (χ0n) is 10.7. The summed E-state index contributed by atoms with van der Waals surface area (Å²) in [4.78, 5) is 2.39. The lowest BCUT2D eigenvalue weighted by atomic mass is 10.2. The van der Waals surface area contributed by atoms with Crippen molar-refractivity contribution < 1.29 is 5.11 Å². The first-order chi connectivity index (χ1) is 8.34. The molecule has 0 aromatic rings. The number of aliphatic hydroxyl groups excluding tert-OH is 1. The largest absolute Gasteiger partial charge is 0.396 e. The fourth-order valence-corrected chi connectivity index (χ4v) is 3.39. The Hall–Kier alpha value is 0.200. The molecule has 17 heavy (non-hydrogen) atoms. The molecule has 0 radical (unpaired) electrons. The van der Waals surface area contributed by atoms with Gasteiger partial charge in [-0.15, -0.1) is 0 Å². The third-order valence-corrected chi connectivity index (χ3v) is 4.75. The van der Waals surface area contributed by atoms with Crippen LogP contribution < -0.4 is 0 Å². The van der Waals surface area contributed by atoms with Gasteiger partial charge in [-0.1, -0.05) is 49.7 Å². The molecule has 0 bridgehead atoms. The Balaban J connectivity index is 2.03. The minimum Gasteiger partial charge on any atom is -0.396 e. The van der Waals surface area contributed by atoms with Gasteiger partial charge in [-0.2, -0.15) is 0 Å². The molecule has 1 heterocycles. The van der Waals surface area contributed by atoms with E-state index in [-0.39, 0.29) is 0 Å². The Bertz CT molecular complexity index is 204. The predicted molar refractivity (Wildman–Crippen MR) is 80.7 cm³/mol. The molecule has 1 aliphatic rings. The van der Waals surface area contributed by atoms with Gasteiger partial charge in [-0.25, -0.2) is 0 Å². The number of rotatable bonds is 6. The summed E-state index contributed by atoms with van der Waals surface area (Å²) in [6.07, 6.45) is 9.87. The van der Waals surface area contributed by atoms with Gasteiger partial charge < -0.3 is 10.0 Å². The second-order valence-electron chi connectivity index (χ2n) is 4.65. The molecule has 0 saturated carbocycles. The molecule has 1 saturated heterocycles. The summed E-state index contributed by atoms with van der Waals surface area (Å²) in [5.41, 5.74) is 0. The van der Waals surface area contributed by atoms with Crippen molar-refractivity contribution in [3.8, 4) is 0 Å². The molecule has 1 fully saturated rings. The van der Waals surface area contributed by atoms with Crippen LogP contribution >= 0.6 is 24.0 Å². The van der Waals surface area contributed by atoms with E-state index in [1.54, 1.807) is 0 Å². The highest BCUT2D eigenvalue weighted by molar-refractivity contribution is 8.22. The van der Waals surface area contributed by atoms with Crippen molar-refractivity contribution in [1.29, 1.82) is 0 Å². The van der Waals surface area contributed by atoms with E-state index in [4.69, 9.17) is 17.3 Å². The van der Waals surface area contributed by atoms with Crippen molar-refractivity contribution in [3.05, 3.63) is 0 Å². The number of unbranched alkanes of at least 4 members (excludes halogenated alkanes) is 3. The van der Waals surface area contributed by atoms with E-state index in [0.717, 1.165) is 36.0 Å². The average Bonchev–Trinajstić information content (AvgIpc) is 2.62. The molecule has 1 N–H and O–H groups in total. The van der Waals surface area contributed by atoms with Crippen molar-refractivity contribution in [2.75, 3.05) is 25.4 Å². The average molecular weight is 275 g/mol. The first kappa shape index (κ1) is 15.3. The van der Waals surface area contributed by atoms with Crippen LogP contribution in [0, 0.1) is 0 Å². The van der Waals surface area contributed by atoms with Crippen LogP contribution in [0.5, 0.6) is 0 Å². The van der Waals surface area contributed by atoms with Crippen molar-refractivity contribution in [3.63, 3.8) is 0 Å². The normalized spacial score (nSPS) is 16.9. The van der Waals surface area contributed by atoms with E-state index in [1.807, 2.05) is 11.8 Å². The molecule has 1 aliphatic heterocycles. The molecular formula is C13H25NOS2. The molecule has 0 unspecified atom stereocenters. The highest BCUT2D eigenvalue weighted by Gasteiger charge is 2.12. The van der Waals surface area contributed by atoms with E-state index in [9.17, 15) is 0 Å². The van der Waals surface area contributed by atoms with Crippen LogP contribution in [-0.4, -0.2) is 39.8 Å². The minimum absolute atomic E-state index is 0.333. The maximum absolute atomic E-state index is 8.68. The molecular weight excluding hydrogens is 250 g/mol. The summed E-state index contributed by atoms with van der Waals surface area (Å²) < 4.78 is 1.11. The second kappa shape index (κ2) is 10.2. The van der Waals surface area contributed by atoms with Gasteiger partial charge in [0.05, 0.1) is 0 Å². The Morgan fingerprint density at radius 3 is 2.29 bits per heavy atom. The van der Waals surface area contributed by atoms with Crippen molar-refractivity contribution in [1.82, 2.24) is 4.90 Å². The van der Waals surface area contributed by atoms with Gasteiger partial charge in [0, 0.05) is 25.4 Å². The van der Waals surface area contributed by atoms with E-state index < -0.39 is 0 Å². The van der Waals surface area contributed by atoms with Crippen LogP contribution in [0.25, 0.3) is 0 Å². The SMILES string of the molecule is OCCCCCCSC(=S)N1CCCCCC1. The third-order valence-electron chi connectivity index (χ3n) is 3.14. The van der Waals surface area contributed by atoms with Crippen LogP contribution in [0.15, 0.2) is 0 Å². The Kier molecular flexibility index (Phi) is 9.11. The third kappa shape index (κ3) is 7.27. The lowest BCUT2D eigenvalue weighted by Crippen LogP contribution is -2.28. The molecule has 4 heteroatoms. The Labute approximate surface area is 115 Å². The topological polar surface area (TPSA) is 23.5 Å². The quantitative estimate of drug-likeness (QED) is 0.592. The summed E-state index contributed by atoms with van der Waals surface area (Å²) in [5.74, 6) is 1.14. The summed E-state index contributed by atoms with van der Waals surface area (Å²) in [7, 11) is 0. The molecule has 0 amide bonds. The monoisotopic (exact) mass is 275 g/mol. The Morgan fingerprint density at radius 2 is 1.65 bits per heavy atom. The number of hydrogen-bond donors (Lipinski definition) is 1. The van der Waals surface area contributed by atoms with Crippen molar-refractivity contribution in [2.24, 2.45) is 0 Å². The second-order valence-corrected chi connectivity index (χ2v) is 6.38. The number of nitrogens with zero attached hydrogens (tertiary/aromatic N) is 1. The number of thioether (sulfide) groups is 1. The molecule has 0 aliphatic carbocycles. The molecule has 100 valence electrons. The molecule has 0 atom stereocenters. The fourth-order valence-electron chi connectivity index (χ4n) is 2.07. The zero-order chi connectivity index (χ0) is 12.3. The van der Waals surface area contributed by atoms with Gasteiger partial charge in [0.15, 0.2) is 0 Å². The molecule has 0 aromatic carbocycles. The van der Waals surface area contributed by atoms with E-state index in [1.165, 1.54) is 38.5 Å². The Morgan fingerprint density at radius 1 is 1.00 bits per heavy atom. The summed E-state index contributed by atoms with van der Waals surface area (Å²) in [5, 5.41) is 8.68. The first-order valence-corrected chi connectivity index (χ1v) is 8.26. The molecule has 0 aromatic heterocycles. The number of aliphatic hydroxyl groups is 1.